The molecular weight excluding hydrogens is 316 g/mol. The highest BCUT2D eigenvalue weighted by Gasteiger charge is 2.59. The fourth-order valence-corrected chi connectivity index (χ4v) is 7.01. The van der Waals surface area contributed by atoms with Crippen molar-refractivity contribution in [1.29, 1.82) is 0 Å². The van der Waals surface area contributed by atoms with Gasteiger partial charge in [-0.15, -0.1) is 0 Å². The Balaban J connectivity index is 0.000000415. The lowest BCUT2D eigenvalue weighted by Crippen LogP contribution is -2.53. The number of ketones is 1. The first-order valence-electron chi connectivity index (χ1n) is 10.0. The van der Waals surface area contributed by atoms with Crippen LogP contribution in [0.4, 0.5) is 0 Å². The Kier molecular flexibility index (Phi) is 5.04. The molecule has 4 aliphatic carbocycles. The third-order valence-corrected chi connectivity index (χ3v) is 8.20. The van der Waals surface area contributed by atoms with Gasteiger partial charge < -0.3 is 10.2 Å². The summed E-state index contributed by atoms with van der Waals surface area (Å²) in [4.78, 5) is 21.1. The Morgan fingerprint density at radius 1 is 1.08 bits per heavy atom. The zero-order chi connectivity index (χ0) is 18.4. The number of rotatable bonds is 0. The van der Waals surface area contributed by atoms with Crippen LogP contribution in [0.15, 0.2) is 0 Å². The van der Waals surface area contributed by atoms with Crippen molar-refractivity contribution in [3.63, 3.8) is 0 Å². The Morgan fingerprint density at radius 3 is 2.44 bits per heavy atom. The second-order valence-electron chi connectivity index (χ2n) is 9.72. The van der Waals surface area contributed by atoms with Gasteiger partial charge in [0, 0.05) is 19.8 Å². The number of carbonyl (C=O) groups is 2. The van der Waals surface area contributed by atoms with Crippen LogP contribution < -0.4 is 0 Å². The maximum Gasteiger partial charge on any atom is 0.300 e. The number of hydrogen-bond acceptors (Lipinski definition) is 3. The molecule has 0 heterocycles. The van der Waals surface area contributed by atoms with Gasteiger partial charge in [0.25, 0.3) is 5.97 Å². The first kappa shape index (κ1) is 18.9. The Hall–Kier alpha value is -0.900. The quantitative estimate of drug-likeness (QED) is 0.691. The molecule has 0 radical (unpaired) electrons. The first-order valence-corrected chi connectivity index (χ1v) is 10.0. The maximum absolute atomic E-state index is 12.1. The van der Waals surface area contributed by atoms with Crippen molar-refractivity contribution < 1.29 is 19.8 Å². The van der Waals surface area contributed by atoms with E-state index in [9.17, 15) is 9.90 Å². The van der Waals surface area contributed by atoms with Crippen molar-refractivity contribution in [2.45, 2.75) is 84.7 Å². The van der Waals surface area contributed by atoms with Crippen molar-refractivity contribution in [3.8, 4) is 0 Å². The van der Waals surface area contributed by atoms with E-state index < -0.39 is 5.97 Å². The number of hydrogen-bond donors (Lipinski definition) is 2. The number of carboxylic acids is 1. The highest BCUT2D eigenvalue weighted by atomic mass is 16.4. The van der Waals surface area contributed by atoms with Gasteiger partial charge in [-0.3, -0.25) is 9.59 Å². The zero-order valence-corrected chi connectivity index (χ0v) is 16.0. The van der Waals surface area contributed by atoms with Gasteiger partial charge in [-0.2, -0.15) is 0 Å². The summed E-state index contributed by atoms with van der Waals surface area (Å²) >= 11 is 0. The molecule has 0 aromatic carbocycles. The molecule has 4 aliphatic rings. The summed E-state index contributed by atoms with van der Waals surface area (Å²) in [6, 6.07) is 0. The van der Waals surface area contributed by atoms with Gasteiger partial charge in [-0.25, -0.2) is 0 Å². The van der Waals surface area contributed by atoms with Crippen LogP contribution in [0, 0.1) is 34.5 Å². The van der Waals surface area contributed by atoms with Crippen LogP contribution in [0.2, 0.25) is 0 Å². The number of fused-ring (bicyclic) bond motifs is 5. The fraction of sp³-hybridized carbons (Fsp3) is 0.905. The van der Waals surface area contributed by atoms with Crippen molar-refractivity contribution in [1.82, 2.24) is 0 Å². The van der Waals surface area contributed by atoms with E-state index in [-0.39, 0.29) is 6.10 Å². The van der Waals surface area contributed by atoms with Crippen LogP contribution in [-0.2, 0) is 9.59 Å². The molecule has 4 saturated carbocycles. The van der Waals surface area contributed by atoms with Crippen LogP contribution >= 0.6 is 0 Å². The van der Waals surface area contributed by atoms with Crippen molar-refractivity contribution >= 4 is 11.8 Å². The topological polar surface area (TPSA) is 74.6 Å². The molecule has 7 atom stereocenters. The van der Waals surface area contributed by atoms with E-state index in [0.29, 0.717) is 22.5 Å². The van der Waals surface area contributed by atoms with Gasteiger partial charge in [-0.1, -0.05) is 13.8 Å². The Morgan fingerprint density at radius 2 is 1.76 bits per heavy atom. The summed E-state index contributed by atoms with van der Waals surface area (Å²) in [6.45, 7) is 5.98. The molecule has 4 nitrogen and oxygen atoms in total. The number of carbonyl (C=O) groups excluding carboxylic acids is 1. The molecule has 4 heteroatoms. The summed E-state index contributed by atoms with van der Waals surface area (Å²) in [5, 5.41) is 17.5. The first-order chi connectivity index (χ1) is 11.7. The largest absolute Gasteiger partial charge is 0.481 e. The number of Topliss-reactive ketones (excluding diaryl/α,β-unsaturated/α-hetero) is 1. The third-order valence-electron chi connectivity index (χ3n) is 8.20. The predicted octanol–water partition coefficient (Wildman–Crippen LogP) is 4.05. The van der Waals surface area contributed by atoms with Crippen molar-refractivity contribution in [2.75, 3.05) is 0 Å². The van der Waals surface area contributed by atoms with E-state index in [0.717, 1.165) is 50.4 Å². The fourth-order valence-electron chi connectivity index (χ4n) is 7.01. The smallest absolute Gasteiger partial charge is 0.300 e. The molecule has 2 N–H and O–H groups in total. The molecule has 0 aliphatic heterocycles. The Labute approximate surface area is 151 Å². The van der Waals surface area contributed by atoms with Gasteiger partial charge in [-0.05, 0) is 79.4 Å². The van der Waals surface area contributed by atoms with Crippen LogP contribution in [0.1, 0.15) is 78.6 Å². The van der Waals surface area contributed by atoms with E-state index in [4.69, 9.17) is 9.90 Å². The van der Waals surface area contributed by atoms with E-state index in [1.54, 1.807) is 0 Å². The van der Waals surface area contributed by atoms with Crippen LogP contribution in [0.3, 0.4) is 0 Å². The lowest BCUT2D eigenvalue weighted by Gasteiger charge is -2.60. The molecular formula is C21H34O4. The monoisotopic (exact) mass is 350 g/mol. The third kappa shape index (κ3) is 3.39. The van der Waals surface area contributed by atoms with E-state index >= 15 is 0 Å². The SMILES string of the molecule is CC(=O)O.C[C@@]12CC[C@@H]3[C@H](CC[C@H]4C[C@@H](O)CC[C@]43C)[C@H]1CC(=O)C2. The second kappa shape index (κ2) is 6.68. The number of aliphatic hydroxyl groups excluding tert-OH is 1. The minimum absolute atomic E-state index is 0.0541. The number of aliphatic carboxylic acids is 1. The lowest BCUT2D eigenvalue weighted by atomic mass is 9.45. The summed E-state index contributed by atoms with van der Waals surface area (Å²) in [5.74, 6) is 2.67. The normalized spacial score (nSPS) is 48.5. The minimum Gasteiger partial charge on any atom is -0.481 e. The molecule has 0 saturated heterocycles. The molecule has 25 heavy (non-hydrogen) atoms. The molecule has 0 unspecified atom stereocenters. The molecule has 0 bridgehead atoms. The van der Waals surface area contributed by atoms with Crippen molar-refractivity contribution in [2.24, 2.45) is 34.5 Å². The van der Waals surface area contributed by atoms with Gasteiger partial charge in [0.1, 0.15) is 5.78 Å². The van der Waals surface area contributed by atoms with Gasteiger partial charge >= 0.3 is 0 Å². The highest BCUT2D eigenvalue weighted by molar-refractivity contribution is 5.82. The standard InChI is InChI=1S/C19H30O2.C2H4O2/c1-18-7-6-16-15(17(18)10-14(21)11-18)4-3-12-9-13(20)5-8-19(12,16)2;1-2(3)4/h12-13,15-17,20H,3-11H2,1-2H3;1H3,(H,3,4)/t12-,13-,15-,16+,17+,18-,19+;/m0./s1. The van der Waals surface area contributed by atoms with Crippen molar-refractivity contribution in [3.05, 3.63) is 0 Å². The molecule has 4 fully saturated rings. The zero-order valence-electron chi connectivity index (χ0n) is 16.0. The molecule has 0 spiro atoms. The summed E-state index contributed by atoms with van der Waals surface area (Å²) in [7, 11) is 0. The maximum atomic E-state index is 12.1. The number of carboxylic acid groups (broad SMARTS) is 1. The van der Waals surface area contributed by atoms with Gasteiger partial charge in [0.05, 0.1) is 6.10 Å². The van der Waals surface area contributed by atoms with Gasteiger partial charge in [0.15, 0.2) is 0 Å². The van der Waals surface area contributed by atoms with E-state index in [1.165, 1.54) is 32.1 Å². The molecule has 0 amide bonds. The second-order valence-corrected chi connectivity index (χ2v) is 9.72. The van der Waals surface area contributed by atoms with E-state index in [1.807, 2.05) is 0 Å². The average Bonchev–Trinajstić information content (AvgIpc) is 2.81. The van der Waals surface area contributed by atoms with E-state index in [2.05, 4.69) is 13.8 Å². The molecule has 4 rings (SSSR count). The summed E-state index contributed by atoms with van der Waals surface area (Å²) in [5.41, 5.74) is 0.755. The summed E-state index contributed by atoms with van der Waals surface area (Å²) < 4.78 is 0. The van der Waals surface area contributed by atoms with Gasteiger partial charge in [0.2, 0.25) is 0 Å². The summed E-state index contributed by atoms with van der Waals surface area (Å²) in [6.07, 6.45) is 10.1. The minimum atomic E-state index is -0.833. The molecule has 0 aromatic rings. The highest BCUT2D eigenvalue weighted by Crippen LogP contribution is 2.65. The van der Waals surface area contributed by atoms with Crippen LogP contribution in [0.5, 0.6) is 0 Å². The number of aliphatic hydroxyl groups is 1. The molecule has 0 aromatic heterocycles. The average molecular weight is 350 g/mol. The van der Waals surface area contributed by atoms with Crippen LogP contribution in [0.25, 0.3) is 0 Å². The Bertz CT molecular complexity index is 540. The van der Waals surface area contributed by atoms with Crippen LogP contribution in [-0.4, -0.2) is 28.1 Å². The predicted molar refractivity (Wildman–Crippen MR) is 96.1 cm³/mol. The molecule has 142 valence electrons. The lowest BCUT2D eigenvalue weighted by molar-refractivity contribution is -0.134.